The predicted octanol–water partition coefficient (Wildman–Crippen LogP) is 1.57. The minimum Gasteiger partial charge on any atom is -0.480 e. The maximum absolute atomic E-state index is 10.9. The molecule has 0 aliphatic rings. The summed E-state index contributed by atoms with van der Waals surface area (Å²) in [5, 5.41) is 8.94. The van der Waals surface area contributed by atoms with Crippen LogP contribution in [0.4, 0.5) is 5.69 Å². The van der Waals surface area contributed by atoms with Crippen molar-refractivity contribution in [2.75, 3.05) is 11.4 Å². The smallest absolute Gasteiger partial charge is 0.323 e. The zero-order valence-electron chi connectivity index (χ0n) is 9.73. The second-order valence-electron chi connectivity index (χ2n) is 3.75. The summed E-state index contributed by atoms with van der Waals surface area (Å²) in [6, 6.07) is 11.1. The summed E-state index contributed by atoms with van der Waals surface area (Å²) < 4.78 is 0. The molecule has 18 heavy (non-hydrogen) atoms. The molecule has 0 atom stereocenters. The number of carboxylic acid groups (broad SMARTS) is 1. The SMILES string of the molecule is O=C(O)CN(Cc1ncccn1)c1ccccc1. The molecule has 0 fully saturated rings. The van der Waals surface area contributed by atoms with Gasteiger partial charge in [0.25, 0.3) is 0 Å². The highest BCUT2D eigenvalue weighted by atomic mass is 16.4. The minimum absolute atomic E-state index is 0.0811. The van der Waals surface area contributed by atoms with Crippen LogP contribution < -0.4 is 4.90 Å². The van der Waals surface area contributed by atoms with Gasteiger partial charge in [-0.3, -0.25) is 4.79 Å². The first kappa shape index (κ1) is 12.0. The number of hydrogen-bond donors (Lipinski definition) is 1. The molecule has 0 saturated carbocycles. The molecule has 92 valence electrons. The molecule has 0 spiro atoms. The summed E-state index contributed by atoms with van der Waals surface area (Å²) in [5.41, 5.74) is 0.840. The van der Waals surface area contributed by atoms with Crippen LogP contribution in [0.5, 0.6) is 0 Å². The van der Waals surface area contributed by atoms with Gasteiger partial charge in [0.05, 0.1) is 6.54 Å². The highest BCUT2D eigenvalue weighted by Crippen LogP contribution is 2.14. The van der Waals surface area contributed by atoms with Crippen molar-refractivity contribution in [3.05, 3.63) is 54.6 Å². The molecule has 2 rings (SSSR count). The van der Waals surface area contributed by atoms with Crippen molar-refractivity contribution in [1.82, 2.24) is 9.97 Å². The van der Waals surface area contributed by atoms with Gasteiger partial charge in [-0.05, 0) is 18.2 Å². The molecule has 5 nitrogen and oxygen atoms in total. The second-order valence-corrected chi connectivity index (χ2v) is 3.75. The molecule has 0 unspecified atom stereocenters. The fourth-order valence-corrected chi connectivity index (χ4v) is 1.62. The number of aliphatic carboxylic acids is 1. The van der Waals surface area contributed by atoms with Crippen LogP contribution in [0, 0.1) is 0 Å². The third-order valence-corrected chi connectivity index (χ3v) is 2.40. The van der Waals surface area contributed by atoms with Gasteiger partial charge in [-0.2, -0.15) is 0 Å². The van der Waals surface area contributed by atoms with Crippen molar-refractivity contribution in [2.24, 2.45) is 0 Å². The number of anilines is 1. The molecule has 1 N–H and O–H groups in total. The number of para-hydroxylation sites is 1. The zero-order valence-corrected chi connectivity index (χ0v) is 9.73. The van der Waals surface area contributed by atoms with Gasteiger partial charge in [0.15, 0.2) is 0 Å². The van der Waals surface area contributed by atoms with Gasteiger partial charge >= 0.3 is 5.97 Å². The molecule has 0 aliphatic carbocycles. The van der Waals surface area contributed by atoms with E-state index in [0.29, 0.717) is 12.4 Å². The average molecular weight is 243 g/mol. The average Bonchev–Trinajstić information content (AvgIpc) is 2.40. The van der Waals surface area contributed by atoms with Crippen LogP contribution in [0.2, 0.25) is 0 Å². The van der Waals surface area contributed by atoms with Crippen molar-refractivity contribution in [3.63, 3.8) is 0 Å². The number of nitrogens with zero attached hydrogens (tertiary/aromatic N) is 3. The van der Waals surface area contributed by atoms with Gasteiger partial charge < -0.3 is 10.0 Å². The van der Waals surface area contributed by atoms with Crippen molar-refractivity contribution in [3.8, 4) is 0 Å². The lowest BCUT2D eigenvalue weighted by atomic mass is 10.3. The van der Waals surface area contributed by atoms with Gasteiger partial charge in [-0.1, -0.05) is 18.2 Å². The van der Waals surface area contributed by atoms with E-state index < -0.39 is 5.97 Å². The van der Waals surface area contributed by atoms with Gasteiger partial charge in [-0.25, -0.2) is 9.97 Å². The Hall–Kier alpha value is -2.43. The van der Waals surface area contributed by atoms with Crippen LogP contribution in [0.1, 0.15) is 5.82 Å². The van der Waals surface area contributed by atoms with E-state index in [4.69, 9.17) is 5.11 Å². The topological polar surface area (TPSA) is 66.3 Å². The van der Waals surface area contributed by atoms with Crippen molar-refractivity contribution in [2.45, 2.75) is 6.54 Å². The van der Waals surface area contributed by atoms with E-state index >= 15 is 0 Å². The molecule has 2 aromatic rings. The molecule has 1 heterocycles. The van der Waals surface area contributed by atoms with E-state index in [9.17, 15) is 4.79 Å². The summed E-state index contributed by atoms with van der Waals surface area (Å²) in [6.45, 7) is 0.291. The Bertz CT molecular complexity index is 502. The van der Waals surface area contributed by atoms with E-state index in [1.165, 1.54) is 0 Å². The highest BCUT2D eigenvalue weighted by molar-refractivity contribution is 5.73. The maximum atomic E-state index is 10.9. The molecular weight excluding hydrogens is 230 g/mol. The lowest BCUT2D eigenvalue weighted by Gasteiger charge is -2.21. The molecule has 0 saturated heterocycles. The number of carbonyl (C=O) groups is 1. The summed E-state index contributed by atoms with van der Waals surface area (Å²) in [7, 11) is 0. The molecule has 5 heteroatoms. The summed E-state index contributed by atoms with van der Waals surface area (Å²) >= 11 is 0. The van der Waals surface area contributed by atoms with Crippen LogP contribution in [-0.4, -0.2) is 27.6 Å². The first-order chi connectivity index (χ1) is 8.75. The Morgan fingerprint density at radius 3 is 2.39 bits per heavy atom. The van der Waals surface area contributed by atoms with E-state index in [1.54, 1.807) is 23.4 Å². The number of carboxylic acids is 1. The fourth-order valence-electron chi connectivity index (χ4n) is 1.62. The molecular formula is C13H13N3O2. The number of hydrogen-bond acceptors (Lipinski definition) is 4. The van der Waals surface area contributed by atoms with Gasteiger partial charge in [0, 0.05) is 18.1 Å². The molecule has 1 aromatic heterocycles. The summed E-state index contributed by atoms with van der Waals surface area (Å²) in [6.07, 6.45) is 3.29. The van der Waals surface area contributed by atoms with Crippen molar-refractivity contribution < 1.29 is 9.90 Å². The van der Waals surface area contributed by atoms with Gasteiger partial charge in [0.1, 0.15) is 12.4 Å². The first-order valence-corrected chi connectivity index (χ1v) is 5.53. The molecule has 0 amide bonds. The number of rotatable bonds is 5. The maximum Gasteiger partial charge on any atom is 0.323 e. The lowest BCUT2D eigenvalue weighted by molar-refractivity contribution is -0.135. The third-order valence-electron chi connectivity index (χ3n) is 2.40. The van der Waals surface area contributed by atoms with E-state index in [0.717, 1.165) is 5.69 Å². The Kier molecular flexibility index (Phi) is 3.86. The predicted molar refractivity (Wildman–Crippen MR) is 67.2 cm³/mol. The van der Waals surface area contributed by atoms with Crippen LogP contribution in [-0.2, 0) is 11.3 Å². The molecule has 0 radical (unpaired) electrons. The quantitative estimate of drug-likeness (QED) is 0.863. The molecule has 0 bridgehead atoms. The Morgan fingerprint density at radius 2 is 1.78 bits per heavy atom. The third kappa shape index (κ3) is 3.28. The lowest BCUT2D eigenvalue weighted by Crippen LogP contribution is -2.29. The first-order valence-electron chi connectivity index (χ1n) is 5.53. The highest BCUT2D eigenvalue weighted by Gasteiger charge is 2.12. The monoisotopic (exact) mass is 243 g/mol. The Morgan fingerprint density at radius 1 is 1.11 bits per heavy atom. The normalized spacial score (nSPS) is 10.0. The fraction of sp³-hybridized carbons (Fsp3) is 0.154. The van der Waals surface area contributed by atoms with Crippen molar-refractivity contribution >= 4 is 11.7 Å². The van der Waals surface area contributed by atoms with Gasteiger partial charge in [0.2, 0.25) is 0 Å². The largest absolute Gasteiger partial charge is 0.480 e. The van der Waals surface area contributed by atoms with Crippen LogP contribution in [0.25, 0.3) is 0 Å². The minimum atomic E-state index is -0.880. The van der Waals surface area contributed by atoms with Crippen LogP contribution in [0.3, 0.4) is 0 Å². The van der Waals surface area contributed by atoms with E-state index in [2.05, 4.69) is 9.97 Å². The van der Waals surface area contributed by atoms with Gasteiger partial charge in [-0.15, -0.1) is 0 Å². The Balaban J connectivity index is 2.18. The number of aromatic nitrogens is 2. The molecule has 1 aromatic carbocycles. The standard InChI is InChI=1S/C13H13N3O2/c17-13(18)10-16(11-5-2-1-3-6-11)9-12-14-7-4-8-15-12/h1-8H,9-10H2,(H,17,18). The summed E-state index contributed by atoms with van der Waals surface area (Å²) in [4.78, 5) is 20.8. The van der Waals surface area contributed by atoms with Crippen molar-refractivity contribution in [1.29, 1.82) is 0 Å². The van der Waals surface area contributed by atoms with E-state index in [-0.39, 0.29) is 6.54 Å². The van der Waals surface area contributed by atoms with Crippen LogP contribution in [0.15, 0.2) is 48.8 Å². The molecule has 0 aliphatic heterocycles. The van der Waals surface area contributed by atoms with E-state index in [1.807, 2.05) is 30.3 Å². The second kappa shape index (κ2) is 5.77. The number of benzene rings is 1. The zero-order chi connectivity index (χ0) is 12.8. The summed E-state index contributed by atoms with van der Waals surface area (Å²) in [5.74, 6) is -0.280. The Labute approximate surface area is 105 Å². The van der Waals surface area contributed by atoms with Crippen LogP contribution >= 0.6 is 0 Å².